The number of nitrogens with zero attached hydrogens (tertiary/aromatic N) is 4. The van der Waals surface area contributed by atoms with Crippen molar-refractivity contribution in [1.82, 2.24) is 14.5 Å². The molecule has 0 fully saturated rings. The Hall–Kier alpha value is -2.45. The molecule has 26 heavy (non-hydrogen) atoms. The standard InChI is InChI=1S/C17H17ClN4O3S/c1-3-20(4-2)16(25)14(23)13-15(24)21-8-6-5-7-12(21)22(13)10-11-9-19-17(18)26-11/h5-9H,3-4,10H2,1-2H3. The Labute approximate surface area is 159 Å². The maximum Gasteiger partial charge on any atom is 0.298 e. The Balaban J connectivity index is 2.14. The average molecular weight is 393 g/mol. The van der Waals surface area contributed by atoms with E-state index in [4.69, 9.17) is 11.6 Å². The van der Waals surface area contributed by atoms with Gasteiger partial charge in [0, 0.05) is 25.4 Å². The van der Waals surface area contributed by atoms with Crippen LogP contribution >= 0.6 is 22.9 Å². The van der Waals surface area contributed by atoms with Crippen molar-refractivity contribution in [1.29, 1.82) is 0 Å². The van der Waals surface area contributed by atoms with E-state index < -0.39 is 17.6 Å². The lowest BCUT2D eigenvalue weighted by molar-refractivity contribution is -0.582. The number of Topliss-reactive ketones (excluding diaryl/α,β-unsaturated/α-hetero) is 1. The normalized spacial score (nSPS) is 11.0. The predicted molar refractivity (Wildman–Crippen MR) is 95.5 cm³/mol. The van der Waals surface area contributed by atoms with Crippen molar-refractivity contribution in [2.75, 3.05) is 13.1 Å². The monoisotopic (exact) mass is 392 g/mol. The molecule has 0 saturated carbocycles. The number of carbonyl (C=O) groups is 2. The smallest absolute Gasteiger partial charge is 0.298 e. The molecule has 0 aliphatic rings. The van der Waals surface area contributed by atoms with E-state index in [1.165, 1.54) is 20.6 Å². The molecule has 0 aromatic carbocycles. The van der Waals surface area contributed by atoms with Crippen molar-refractivity contribution in [3.8, 4) is 5.88 Å². The van der Waals surface area contributed by atoms with Crippen LogP contribution < -0.4 is 9.51 Å². The molecule has 0 spiro atoms. The van der Waals surface area contributed by atoms with Gasteiger partial charge in [0.2, 0.25) is 5.69 Å². The lowest BCUT2D eigenvalue weighted by atomic mass is 10.2. The number of aromatic nitrogens is 3. The number of likely N-dealkylation sites (N-methyl/N-ethyl adjacent to an activating group) is 1. The largest absolute Gasteiger partial charge is 0.839 e. The second-order valence-corrected chi connectivity index (χ2v) is 7.25. The third kappa shape index (κ3) is 3.17. The van der Waals surface area contributed by atoms with Crippen LogP contribution in [0.5, 0.6) is 5.88 Å². The van der Waals surface area contributed by atoms with Gasteiger partial charge >= 0.3 is 0 Å². The summed E-state index contributed by atoms with van der Waals surface area (Å²) < 4.78 is 3.29. The minimum absolute atomic E-state index is 0.155. The molecule has 7 nitrogen and oxygen atoms in total. The van der Waals surface area contributed by atoms with Crippen LogP contribution in [0.4, 0.5) is 0 Å². The third-order valence-corrected chi connectivity index (χ3v) is 5.21. The fourth-order valence-corrected chi connectivity index (χ4v) is 3.78. The van der Waals surface area contributed by atoms with Gasteiger partial charge in [-0.25, -0.2) is 14.0 Å². The summed E-state index contributed by atoms with van der Waals surface area (Å²) in [5.74, 6) is -2.00. The first-order valence-electron chi connectivity index (χ1n) is 8.11. The average Bonchev–Trinajstić information content (AvgIpc) is 3.17. The van der Waals surface area contributed by atoms with Crippen LogP contribution in [0.25, 0.3) is 5.65 Å². The van der Waals surface area contributed by atoms with Crippen LogP contribution in [-0.2, 0) is 11.3 Å². The maximum atomic E-state index is 12.8. The number of fused-ring (bicyclic) bond motifs is 1. The molecule has 136 valence electrons. The summed E-state index contributed by atoms with van der Waals surface area (Å²) in [5.41, 5.74) is 0.371. The molecule has 3 heterocycles. The molecular formula is C17H17ClN4O3S. The van der Waals surface area contributed by atoms with E-state index in [-0.39, 0.29) is 12.2 Å². The Kier molecular flexibility index (Phi) is 5.24. The van der Waals surface area contributed by atoms with Crippen LogP contribution in [0.3, 0.4) is 0 Å². The SMILES string of the molecule is CCN(CC)C(=O)C(=O)c1c([O-])[n+]2ccccc2n1Cc1cnc(Cl)s1. The molecule has 1 amide bonds. The van der Waals surface area contributed by atoms with Gasteiger partial charge in [-0.3, -0.25) is 9.59 Å². The molecule has 0 aliphatic heterocycles. The highest BCUT2D eigenvalue weighted by atomic mass is 35.5. The number of hydrogen-bond donors (Lipinski definition) is 0. The van der Waals surface area contributed by atoms with Crippen molar-refractivity contribution in [2.45, 2.75) is 20.4 Å². The first kappa shape index (κ1) is 18.3. The second-order valence-electron chi connectivity index (χ2n) is 5.55. The van der Waals surface area contributed by atoms with Crippen LogP contribution in [0.15, 0.2) is 30.6 Å². The van der Waals surface area contributed by atoms with Gasteiger partial charge in [-0.2, -0.15) is 0 Å². The molecule has 3 aromatic heterocycles. The van der Waals surface area contributed by atoms with E-state index in [2.05, 4.69) is 4.98 Å². The number of amides is 1. The minimum Gasteiger partial charge on any atom is -0.839 e. The zero-order valence-electron chi connectivity index (χ0n) is 14.3. The lowest BCUT2D eigenvalue weighted by Crippen LogP contribution is -2.37. The van der Waals surface area contributed by atoms with Gasteiger partial charge in [-0.05, 0) is 19.9 Å². The summed E-state index contributed by atoms with van der Waals surface area (Å²) >= 11 is 7.15. The van der Waals surface area contributed by atoms with Crippen molar-refractivity contribution >= 4 is 40.3 Å². The van der Waals surface area contributed by atoms with E-state index >= 15 is 0 Å². The number of rotatable bonds is 6. The molecule has 0 unspecified atom stereocenters. The molecule has 0 radical (unpaired) electrons. The van der Waals surface area contributed by atoms with Gasteiger partial charge in [0.15, 0.2) is 4.47 Å². The molecule has 9 heteroatoms. The van der Waals surface area contributed by atoms with E-state index in [1.807, 2.05) is 0 Å². The molecule has 3 aromatic rings. The summed E-state index contributed by atoms with van der Waals surface area (Å²) in [7, 11) is 0. The molecule has 0 aliphatic carbocycles. The Morgan fingerprint density at radius 2 is 2.08 bits per heavy atom. The minimum atomic E-state index is -0.807. The number of halogens is 1. The highest BCUT2D eigenvalue weighted by Gasteiger charge is 2.32. The highest BCUT2D eigenvalue weighted by Crippen LogP contribution is 2.23. The highest BCUT2D eigenvalue weighted by molar-refractivity contribution is 7.15. The van der Waals surface area contributed by atoms with Gasteiger partial charge in [-0.1, -0.05) is 17.7 Å². The quantitative estimate of drug-likeness (QED) is 0.361. The van der Waals surface area contributed by atoms with Crippen LogP contribution in [0, 0.1) is 0 Å². The maximum absolute atomic E-state index is 12.8. The van der Waals surface area contributed by atoms with Gasteiger partial charge < -0.3 is 10.0 Å². The number of thiazole rings is 1. The van der Waals surface area contributed by atoms with E-state index in [0.29, 0.717) is 23.2 Å². The van der Waals surface area contributed by atoms with Gasteiger partial charge in [0.1, 0.15) is 12.4 Å². The molecule has 0 bridgehead atoms. The number of hydrogen-bond acceptors (Lipinski definition) is 5. The van der Waals surface area contributed by atoms with Gasteiger partial charge in [-0.15, -0.1) is 11.3 Å². The van der Waals surface area contributed by atoms with Crippen LogP contribution in [0.2, 0.25) is 4.47 Å². The number of pyridine rings is 1. The number of ketones is 1. The van der Waals surface area contributed by atoms with Gasteiger partial charge in [0.25, 0.3) is 17.3 Å². The molecule has 0 saturated heterocycles. The van der Waals surface area contributed by atoms with Crippen molar-refractivity contribution in [2.24, 2.45) is 0 Å². The third-order valence-electron chi connectivity index (χ3n) is 4.11. The summed E-state index contributed by atoms with van der Waals surface area (Å²) in [6.07, 6.45) is 3.17. The first-order chi connectivity index (χ1) is 12.5. The van der Waals surface area contributed by atoms with E-state index in [9.17, 15) is 14.7 Å². The second kappa shape index (κ2) is 7.43. The summed E-state index contributed by atoms with van der Waals surface area (Å²) in [5, 5.41) is 12.8. The van der Waals surface area contributed by atoms with Crippen molar-refractivity contribution < 1.29 is 19.1 Å². The lowest BCUT2D eigenvalue weighted by Gasteiger charge is -2.17. The summed E-state index contributed by atoms with van der Waals surface area (Å²) in [4.78, 5) is 31.5. The van der Waals surface area contributed by atoms with Crippen molar-refractivity contribution in [3.05, 3.63) is 45.6 Å². The molecule has 0 atom stereocenters. The summed E-state index contributed by atoms with van der Waals surface area (Å²) in [6.45, 7) is 4.60. The van der Waals surface area contributed by atoms with Crippen LogP contribution in [0.1, 0.15) is 29.2 Å². The van der Waals surface area contributed by atoms with Crippen LogP contribution in [-0.4, -0.2) is 39.2 Å². The molecule has 3 rings (SSSR count). The van der Waals surface area contributed by atoms with E-state index in [1.54, 1.807) is 49.0 Å². The Morgan fingerprint density at radius 1 is 1.35 bits per heavy atom. The summed E-state index contributed by atoms with van der Waals surface area (Å²) in [6, 6.07) is 5.19. The van der Waals surface area contributed by atoms with Crippen molar-refractivity contribution in [3.63, 3.8) is 0 Å². The Morgan fingerprint density at radius 3 is 2.69 bits per heavy atom. The fourth-order valence-electron chi connectivity index (χ4n) is 2.82. The zero-order chi connectivity index (χ0) is 18.8. The first-order valence-corrected chi connectivity index (χ1v) is 9.31. The zero-order valence-corrected chi connectivity index (χ0v) is 15.9. The molecular weight excluding hydrogens is 376 g/mol. The molecule has 0 N–H and O–H groups in total. The number of imidazole rings is 1. The van der Waals surface area contributed by atoms with E-state index in [0.717, 1.165) is 4.88 Å². The van der Waals surface area contributed by atoms with Gasteiger partial charge in [0.05, 0.1) is 11.1 Å². The topological polar surface area (TPSA) is 82.4 Å². The fraction of sp³-hybridized carbons (Fsp3) is 0.294. The Bertz CT molecular complexity index is 978. The predicted octanol–water partition coefficient (Wildman–Crippen LogP) is 1.51. The number of carbonyl (C=O) groups excluding carboxylic acids is 2.